The standard InChI is InChI=1S/C16H17N5O3/c1-21(2)15-17-9-10(14(20-15)12-6-5-7-24-12)11-8-13(22-3)19-16(18-11)23-4/h5-9H,1-4H3. The van der Waals surface area contributed by atoms with Gasteiger partial charge >= 0.3 is 6.01 Å². The molecule has 0 unspecified atom stereocenters. The van der Waals surface area contributed by atoms with Gasteiger partial charge in [0.15, 0.2) is 5.76 Å². The van der Waals surface area contributed by atoms with Crippen molar-refractivity contribution < 1.29 is 13.9 Å². The van der Waals surface area contributed by atoms with Crippen molar-refractivity contribution in [3.63, 3.8) is 0 Å². The Morgan fingerprint density at radius 2 is 1.92 bits per heavy atom. The Morgan fingerprint density at radius 3 is 2.54 bits per heavy atom. The van der Waals surface area contributed by atoms with Gasteiger partial charge in [0.05, 0.1) is 26.2 Å². The van der Waals surface area contributed by atoms with Gasteiger partial charge in [-0.25, -0.2) is 9.97 Å². The van der Waals surface area contributed by atoms with Gasteiger partial charge in [-0.3, -0.25) is 0 Å². The van der Waals surface area contributed by atoms with Crippen LogP contribution in [0.15, 0.2) is 35.1 Å². The van der Waals surface area contributed by atoms with Crippen LogP contribution < -0.4 is 14.4 Å². The van der Waals surface area contributed by atoms with E-state index in [1.807, 2.05) is 25.1 Å². The number of hydrogen-bond donors (Lipinski definition) is 0. The molecule has 8 heteroatoms. The number of furan rings is 1. The molecule has 0 aliphatic carbocycles. The molecule has 3 rings (SSSR count). The maximum absolute atomic E-state index is 5.51. The summed E-state index contributed by atoms with van der Waals surface area (Å²) in [4.78, 5) is 19.2. The van der Waals surface area contributed by atoms with Gasteiger partial charge in [-0.15, -0.1) is 0 Å². The first kappa shape index (κ1) is 15.7. The van der Waals surface area contributed by atoms with Crippen LogP contribution in [0.4, 0.5) is 5.95 Å². The van der Waals surface area contributed by atoms with Gasteiger partial charge in [0.25, 0.3) is 0 Å². The number of aromatic nitrogens is 4. The molecule has 0 aliphatic rings. The van der Waals surface area contributed by atoms with Crippen LogP contribution >= 0.6 is 0 Å². The predicted octanol–water partition coefficient (Wildman–Crippen LogP) is 2.28. The zero-order valence-electron chi connectivity index (χ0n) is 13.8. The number of methoxy groups -OCH3 is 2. The van der Waals surface area contributed by atoms with Gasteiger partial charge in [-0.05, 0) is 12.1 Å². The van der Waals surface area contributed by atoms with Crippen molar-refractivity contribution >= 4 is 5.95 Å². The second-order valence-electron chi connectivity index (χ2n) is 5.09. The third-order valence-electron chi connectivity index (χ3n) is 3.28. The van der Waals surface area contributed by atoms with E-state index < -0.39 is 0 Å². The fourth-order valence-corrected chi connectivity index (χ4v) is 2.11. The highest BCUT2D eigenvalue weighted by Crippen LogP contribution is 2.32. The molecule has 3 aromatic rings. The van der Waals surface area contributed by atoms with Gasteiger partial charge in [-0.1, -0.05) is 0 Å². The second kappa shape index (κ2) is 6.53. The summed E-state index contributed by atoms with van der Waals surface area (Å²) in [6, 6.07) is 5.54. The van der Waals surface area contributed by atoms with Crippen molar-refractivity contribution in [3.05, 3.63) is 30.7 Å². The summed E-state index contributed by atoms with van der Waals surface area (Å²) in [6.07, 6.45) is 3.29. The van der Waals surface area contributed by atoms with E-state index in [0.717, 1.165) is 0 Å². The molecule has 0 spiro atoms. The molecule has 0 saturated carbocycles. The first-order valence-electron chi connectivity index (χ1n) is 7.18. The normalized spacial score (nSPS) is 10.5. The highest BCUT2D eigenvalue weighted by molar-refractivity contribution is 5.77. The van der Waals surface area contributed by atoms with Crippen LogP contribution in [0.25, 0.3) is 22.7 Å². The SMILES string of the molecule is COc1cc(-c2cnc(N(C)C)nc2-c2ccco2)nc(OC)n1. The second-order valence-corrected chi connectivity index (χ2v) is 5.09. The quantitative estimate of drug-likeness (QED) is 0.705. The van der Waals surface area contributed by atoms with Crippen LogP contribution in [0, 0.1) is 0 Å². The molecule has 124 valence electrons. The lowest BCUT2D eigenvalue weighted by molar-refractivity contribution is 0.352. The van der Waals surface area contributed by atoms with Crippen LogP contribution in [0.3, 0.4) is 0 Å². The van der Waals surface area contributed by atoms with Gasteiger partial charge in [-0.2, -0.15) is 9.97 Å². The maximum Gasteiger partial charge on any atom is 0.320 e. The zero-order valence-corrected chi connectivity index (χ0v) is 13.8. The van der Waals surface area contributed by atoms with E-state index in [2.05, 4.69) is 19.9 Å². The van der Waals surface area contributed by atoms with E-state index in [-0.39, 0.29) is 6.01 Å². The van der Waals surface area contributed by atoms with Crippen LogP contribution in [-0.4, -0.2) is 48.3 Å². The molecule has 0 bridgehead atoms. The van der Waals surface area contributed by atoms with E-state index in [4.69, 9.17) is 13.9 Å². The maximum atomic E-state index is 5.51. The molecular weight excluding hydrogens is 310 g/mol. The zero-order chi connectivity index (χ0) is 17.1. The number of ether oxygens (including phenoxy) is 2. The minimum atomic E-state index is 0.200. The Hall–Kier alpha value is -3.16. The monoisotopic (exact) mass is 327 g/mol. The van der Waals surface area contributed by atoms with E-state index in [0.29, 0.717) is 34.5 Å². The first-order valence-corrected chi connectivity index (χ1v) is 7.18. The van der Waals surface area contributed by atoms with Gasteiger partial charge in [0.1, 0.15) is 5.69 Å². The number of hydrogen-bond acceptors (Lipinski definition) is 8. The molecule has 3 heterocycles. The first-order chi connectivity index (χ1) is 11.6. The third-order valence-corrected chi connectivity index (χ3v) is 3.28. The molecule has 0 fully saturated rings. The lowest BCUT2D eigenvalue weighted by Gasteiger charge is -2.13. The van der Waals surface area contributed by atoms with E-state index in [1.54, 1.807) is 24.6 Å². The van der Waals surface area contributed by atoms with Crippen LogP contribution in [0.2, 0.25) is 0 Å². The summed E-state index contributed by atoms with van der Waals surface area (Å²) in [5.74, 6) is 1.57. The predicted molar refractivity (Wildman–Crippen MR) is 88.2 cm³/mol. The summed E-state index contributed by atoms with van der Waals surface area (Å²) >= 11 is 0. The summed E-state index contributed by atoms with van der Waals surface area (Å²) < 4.78 is 15.9. The van der Waals surface area contributed by atoms with Gasteiger partial charge < -0.3 is 18.8 Å². The summed E-state index contributed by atoms with van der Waals surface area (Å²) in [5, 5.41) is 0. The average Bonchev–Trinajstić information content (AvgIpc) is 3.15. The molecule has 8 nitrogen and oxygen atoms in total. The van der Waals surface area contributed by atoms with Crippen LogP contribution in [-0.2, 0) is 0 Å². The Kier molecular flexibility index (Phi) is 4.28. The lowest BCUT2D eigenvalue weighted by atomic mass is 10.1. The van der Waals surface area contributed by atoms with Crippen molar-refractivity contribution in [1.29, 1.82) is 0 Å². The smallest absolute Gasteiger partial charge is 0.320 e. The van der Waals surface area contributed by atoms with E-state index in [9.17, 15) is 0 Å². The summed E-state index contributed by atoms with van der Waals surface area (Å²) in [6.45, 7) is 0. The highest BCUT2D eigenvalue weighted by Gasteiger charge is 2.17. The van der Waals surface area contributed by atoms with E-state index >= 15 is 0 Å². The summed E-state index contributed by atoms with van der Waals surface area (Å²) in [5.41, 5.74) is 1.89. The minimum absolute atomic E-state index is 0.200. The molecule has 0 amide bonds. The highest BCUT2D eigenvalue weighted by atomic mass is 16.5. The number of rotatable bonds is 5. The van der Waals surface area contributed by atoms with Gasteiger partial charge in [0.2, 0.25) is 11.8 Å². The van der Waals surface area contributed by atoms with Crippen LogP contribution in [0.1, 0.15) is 0 Å². The molecular formula is C16H17N5O3. The Morgan fingerprint density at radius 1 is 1.08 bits per heavy atom. The number of nitrogens with zero attached hydrogens (tertiary/aromatic N) is 5. The molecule has 3 aromatic heterocycles. The van der Waals surface area contributed by atoms with Gasteiger partial charge in [0, 0.05) is 31.9 Å². The Labute approximate surface area is 139 Å². The average molecular weight is 327 g/mol. The van der Waals surface area contributed by atoms with Crippen molar-refractivity contribution in [3.8, 4) is 34.6 Å². The van der Waals surface area contributed by atoms with Crippen LogP contribution in [0.5, 0.6) is 11.9 Å². The summed E-state index contributed by atoms with van der Waals surface area (Å²) in [7, 11) is 6.78. The largest absolute Gasteiger partial charge is 0.481 e. The lowest BCUT2D eigenvalue weighted by Crippen LogP contribution is -2.13. The molecule has 0 aliphatic heterocycles. The fourth-order valence-electron chi connectivity index (χ4n) is 2.11. The van der Waals surface area contributed by atoms with Crippen molar-refractivity contribution in [1.82, 2.24) is 19.9 Å². The van der Waals surface area contributed by atoms with Crippen molar-refractivity contribution in [2.24, 2.45) is 0 Å². The van der Waals surface area contributed by atoms with Crippen molar-refractivity contribution in [2.45, 2.75) is 0 Å². The number of anilines is 1. The minimum Gasteiger partial charge on any atom is -0.481 e. The molecule has 0 aromatic carbocycles. The molecule has 24 heavy (non-hydrogen) atoms. The Bertz CT molecular complexity index is 811. The molecule has 0 atom stereocenters. The Balaban J connectivity index is 2.21. The third kappa shape index (κ3) is 2.98. The van der Waals surface area contributed by atoms with E-state index in [1.165, 1.54) is 14.2 Å². The molecule has 0 N–H and O–H groups in total. The molecule has 0 radical (unpaired) electrons. The van der Waals surface area contributed by atoms with Crippen molar-refractivity contribution in [2.75, 3.05) is 33.2 Å². The molecule has 0 saturated heterocycles. The fraction of sp³-hybridized carbons (Fsp3) is 0.250. The topological polar surface area (TPSA) is 86.4 Å².